The van der Waals surface area contributed by atoms with Crippen LogP contribution < -0.4 is 4.90 Å². The fourth-order valence-electron chi connectivity index (χ4n) is 1.81. The predicted molar refractivity (Wildman–Crippen MR) is 83.5 cm³/mol. The van der Waals surface area contributed by atoms with Crippen LogP contribution in [-0.4, -0.2) is 23.6 Å². The van der Waals surface area contributed by atoms with Gasteiger partial charge in [0.05, 0.1) is 18.5 Å². The van der Waals surface area contributed by atoms with E-state index in [1.807, 2.05) is 35.7 Å². The number of alkyl halides is 1. The van der Waals surface area contributed by atoms with Crippen LogP contribution >= 0.6 is 34.5 Å². The van der Waals surface area contributed by atoms with Crippen LogP contribution in [0.25, 0.3) is 0 Å². The molecule has 5 heteroatoms. The number of benzene rings is 1. The van der Waals surface area contributed by atoms with Gasteiger partial charge in [-0.05, 0) is 35.7 Å². The standard InChI is InChI=1S/C14H15Cl2NOS/c15-8-13(18)9-17(10-14-2-1-7-19-14)12-5-3-11(16)4-6-12/h1-7,13,18H,8-10H2. The van der Waals surface area contributed by atoms with E-state index in [9.17, 15) is 5.11 Å². The van der Waals surface area contributed by atoms with Gasteiger partial charge in [-0.2, -0.15) is 0 Å². The molecular formula is C14H15Cl2NOS. The van der Waals surface area contributed by atoms with Gasteiger partial charge in [0, 0.05) is 22.1 Å². The Morgan fingerprint density at radius 1 is 1.21 bits per heavy atom. The van der Waals surface area contributed by atoms with E-state index in [1.165, 1.54) is 4.88 Å². The number of aliphatic hydroxyl groups excluding tert-OH is 1. The first-order valence-corrected chi connectivity index (χ1v) is 7.75. The van der Waals surface area contributed by atoms with Gasteiger partial charge in [0.2, 0.25) is 0 Å². The van der Waals surface area contributed by atoms with Gasteiger partial charge >= 0.3 is 0 Å². The van der Waals surface area contributed by atoms with Gasteiger partial charge < -0.3 is 10.0 Å². The zero-order valence-electron chi connectivity index (χ0n) is 10.3. The summed E-state index contributed by atoms with van der Waals surface area (Å²) in [6.45, 7) is 1.26. The monoisotopic (exact) mass is 315 g/mol. The van der Waals surface area contributed by atoms with Crippen molar-refractivity contribution in [3.05, 3.63) is 51.7 Å². The molecule has 1 aromatic heterocycles. The van der Waals surface area contributed by atoms with Gasteiger partial charge in [0.25, 0.3) is 0 Å². The Bertz CT molecular complexity index is 487. The average Bonchev–Trinajstić information content (AvgIpc) is 2.91. The average molecular weight is 316 g/mol. The van der Waals surface area contributed by atoms with Crippen molar-refractivity contribution in [1.82, 2.24) is 0 Å². The van der Waals surface area contributed by atoms with Crippen LogP contribution in [-0.2, 0) is 6.54 Å². The number of nitrogens with zero attached hydrogens (tertiary/aromatic N) is 1. The predicted octanol–water partition coefficient (Wildman–Crippen LogP) is 4.01. The van der Waals surface area contributed by atoms with Crippen LogP contribution in [0, 0.1) is 0 Å². The molecule has 1 heterocycles. The molecule has 1 N–H and O–H groups in total. The van der Waals surface area contributed by atoms with E-state index in [4.69, 9.17) is 23.2 Å². The maximum absolute atomic E-state index is 9.78. The van der Waals surface area contributed by atoms with Gasteiger partial charge in [-0.25, -0.2) is 0 Å². The topological polar surface area (TPSA) is 23.5 Å². The van der Waals surface area contributed by atoms with Gasteiger partial charge in [-0.1, -0.05) is 17.7 Å². The van der Waals surface area contributed by atoms with Crippen molar-refractivity contribution >= 4 is 40.2 Å². The number of halogens is 2. The summed E-state index contributed by atoms with van der Waals surface area (Å²) in [5.74, 6) is 0.231. The number of thiophene rings is 1. The molecule has 0 saturated carbocycles. The second kappa shape index (κ2) is 7.15. The fourth-order valence-corrected chi connectivity index (χ4v) is 2.75. The Morgan fingerprint density at radius 2 is 1.95 bits per heavy atom. The Balaban J connectivity index is 2.15. The van der Waals surface area contributed by atoms with Crippen LogP contribution in [0.15, 0.2) is 41.8 Å². The highest BCUT2D eigenvalue weighted by atomic mass is 35.5. The van der Waals surface area contributed by atoms with E-state index in [2.05, 4.69) is 11.0 Å². The number of hydrogen-bond acceptors (Lipinski definition) is 3. The summed E-state index contributed by atoms with van der Waals surface area (Å²) in [5.41, 5.74) is 1.03. The molecule has 0 aliphatic carbocycles. The molecule has 2 rings (SSSR count). The van der Waals surface area contributed by atoms with E-state index in [-0.39, 0.29) is 5.88 Å². The first-order chi connectivity index (χ1) is 9.19. The largest absolute Gasteiger partial charge is 0.390 e. The minimum Gasteiger partial charge on any atom is -0.390 e. The van der Waals surface area contributed by atoms with Crippen molar-refractivity contribution in [2.75, 3.05) is 17.3 Å². The molecule has 0 radical (unpaired) electrons. The Hall–Kier alpha value is -0.740. The van der Waals surface area contributed by atoms with E-state index < -0.39 is 6.10 Å². The smallest absolute Gasteiger partial charge is 0.0850 e. The first kappa shape index (κ1) is 14.7. The summed E-state index contributed by atoms with van der Waals surface area (Å²) in [6.07, 6.45) is -0.544. The van der Waals surface area contributed by atoms with Crippen LogP contribution in [0.1, 0.15) is 4.88 Å². The summed E-state index contributed by atoms with van der Waals surface area (Å²) in [5, 5.41) is 12.5. The lowest BCUT2D eigenvalue weighted by Crippen LogP contribution is -2.32. The molecule has 102 valence electrons. The second-order valence-electron chi connectivity index (χ2n) is 4.24. The highest BCUT2D eigenvalue weighted by molar-refractivity contribution is 7.09. The maximum Gasteiger partial charge on any atom is 0.0850 e. The molecule has 19 heavy (non-hydrogen) atoms. The molecule has 2 nitrogen and oxygen atoms in total. The Morgan fingerprint density at radius 3 is 2.53 bits per heavy atom. The van der Waals surface area contributed by atoms with Crippen LogP contribution in [0.3, 0.4) is 0 Å². The molecular weight excluding hydrogens is 301 g/mol. The van der Waals surface area contributed by atoms with Gasteiger partial charge in [-0.15, -0.1) is 22.9 Å². The number of anilines is 1. The quantitative estimate of drug-likeness (QED) is 0.814. The molecule has 0 spiro atoms. The van der Waals surface area contributed by atoms with Gasteiger partial charge in [-0.3, -0.25) is 0 Å². The Kier molecular flexibility index (Phi) is 5.52. The normalized spacial score (nSPS) is 12.4. The van der Waals surface area contributed by atoms with E-state index in [0.717, 1.165) is 12.2 Å². The van der Waals surface area contributed by atoms with Gasteiger partial charge in [0.15, 0.2) is 0 Å². The molecule has 1 aromatic carbocycles. The highest BCUT2D eigenvalue weighted by Crippen LogP contribution is 2.22. The molecule has 0 aliphatic heterocycles. The summed E-state index contributed by atoms with van der Waals surface area (Å²) in [7, 11) is 0. The van der Waals surface area contributed by atoms with Gasteiger partial charge in [0.1, 0.15) is 0 Å². The van der Waals surface area contributed by atoms with E-state index in [0.29, 0.717) is 11.6 Å². The van der Waals surface area contributed by atoms with Crippen molar-refractivity contribution in [1.29, 1.82) is 0 Å². The van der Waals surface area contributed by atoms with Crippen molar-refractivity contribution in [2.45, 2.75) is 12.6 Å². The van der Waals surface area contributed by atoms with E-state index in [1.54, 1.807) is 11.3 Å². The fraction of sp³-hybridized carbons (Fsp3) is 0.286. The third-order valence-corrected chi connectivity index (χ3v) is 4.20. The molecule has 0 fully saturated rings. The Labute approximate surface area is 127 Å². The number of aliphatic hydroxyl groups is 1. The molecule has 1 unspecified atom stereocenters. The van der Waals surface area contributed by atoms with Crippen molar-refractivity contribution in [3.63, 3.8) is 0 Å². The zero-order valence-corrected chi connectivity index (χ0v) is 12.6. The lowest BCUT2D eigenvalue weighted by atomic mass is 10.2. The first-order valence-electron chi connectivity index (χ1n) is 5.96. The molecule has 1 atom stereocenters. The number of rotatable bonds is 6. The van der Waals surface area contributed by atoms with Crippen LogP contribution in [0.4, 0.5) is 5.69 Å². The summed E-state index contributed by atoms with van der Waals surface area (Å²) >= 11 is 13.3. The maximum atomic E-state index is 9.78. The van der Waals surface area contributed by atoms with Crippen molar-refractivity contribution < 1.29 is 5.11 Å². The minimum absolute atomic E-state index is 0.231. The highest BCUT2D eigenvalue weighted by Gasteiger charge is 2.13. The third-order valence-electron chi connectivity index (χ3n) is 2.73. The van der Waals surface area contributed by atoms with Crippen LogP contribution in [0.2, 0.25) is 5.02 Å². The molecule has 0 aliphatic rings. The van der Waals surface area contributed by atoms with Crippen LogP contribution in [0.5, 0.6) is 0 Å². The second-order valence-corrected chi connectivity index (χ2v) is 6.02. The lowest BCUT2D eigenvalue weighted by Gasteiger charge is -2.26. The molecule has 0 amide bonds. The molecule has 0 bridgehead atoms. The lowest BCUT2D eigenvalue weighted by molar-refractivity contribution is 0.203. The summed E-state index contributed by atoms with van der Waals surface area (Å²) < 4.78 is 0. The van der Waals surface area contributed by atoms with Crippen molar-refractivity contribution in [3.8, 4) is 0 Å². The summed E-state index contributed by atoms with van der Waals surface area (Å²) in [4.78, 5) is 3.35. The minimum atomic E-state index is -0.544. The van der Waals surface area contributed by atoms with Crippen molar-refractivity contribution in [2.24, 2.45) is 0 Å². The molecule has 0 saturated heterocycles. The molecule has 2 aromatic rings. The summed E-state index contributed by atoms with van der Waals surface area (Å²) in [6, 6.07) is 11.7. The zero-order chi connectivity index (χ0) is 13.7. The van der Waals surface area contributed by atoms with E-state index >= 15 is 0 Å². The third kappa shape index (κ3) is 4.39. The SMILES string of the molecule is OC(CCl)CN(Cc1cccs1)c1ccc(Cl)cc1. The number of hydrogen-bond donors (Lipinski definition) is 1.